The Balaban J connectivity index is 1.66. The van der Waals surface area contributed by atoms with E-state index in [0.717, 1.165) is 5.56 Å². The predicted molar refractivity (Wildman–Crippen MR) is 106 cm³/mol. The smallest absolute Gasteiger partial charge is 0.246 e. The molecule has 4 rings (SSSR count). The van der Waals surface area contributed by atoms with E-state index >= 15 is 0 Å². The molecule has 5 atom stereocenters. The highest BCUT2D eigenvalue weighted by molar-refractivity contribution is 6.00. The zero-order chi connectivity index (χ0) is 21.7. The van der Waals surface area contributed by atoms with E-state index in [1.807, 2.05) is 0 Å². The number of rotatable bonds is 6. The van der Waals surface area contributed by atoms with Crippen LogP contribution in [-0.4, -0.2) is 53.5 Å². The zero-order valence-electron chi connectivity index (χ0n) is 16.9. The Kier molecular flexibility index (Phi) is 4.77. The molecule has 2 saturated heterocycles. The summed E-state index contributed by atoms with van der Waals surface area (Å²) < 4.78 is 19.4. The van der Waals surface area contributed by atoms with Gasteiger partial charge in [0.15, 0.2) is 0 Å². The van der Waals surface area contributed by atoms with Crippen molar-refractivity contribution in [1.82, 2.24) is 15.5 Å². The lowest BCUT2D eigenvalue weighted by Gasteiger charge is -2.32. The molecule has 0 saturated carbocycles. The summed E-state index contributed by atoms with van der Waals surface area (Å²) in [6.45, 7) is 5.78. The molecular formula is C22H24FN3O4. The van der Waals surface area contributed by atoms with Gasteiger partial charge < -0.3 is 20.3 Å². The van der Waals surface area contributed by atoms with Gasteiger partial charge in [0.25, 0.3) is 0 Å². The number of hydrogen-bond donors (Lipinski definition) is 2. The molecule has 0 radical (unpaired) electrons. The van der Waals surface area contributed by atoms with Crippen molar-refractivity contribution in [3.63, 3.8) is 0 Å². The fraction of sp³-hybridized carbons (Fsp3) is 0.409. The quantitative estimate of drug-likeness (QED) is 0.679. The van der Waals surface area contributed by atoms with Crippen LogP contribution in [-0.2, 0) is 25.7 Å². The molecule has 158 valence electrons. The highest BCUT2D eigenvalue weighted by atomic mass is 19.1. The average Bonchev–Trinajstić information content (AvgIpc) is 3.28. The molecule has 0 aromatic heterocycles. The summed E-state index contributed by atoms with van der Waals surface area (Å²) in [6, 6.07) is 4.86. The van der Waals surface area contributed by atoms with Crippen LogP contribution in [0.3, 0.4) is 0 Å². The third-order valence-corrected chi connectivity index (χ3v) is 6.28. The molecule has 1 aromatic rings. The Labute approximate surface area is 173 Å². The molecular weight excluding hydrogens is 389 g/mol. The number of hydrogen-bond acceptors (Lipinski definition) is 4. The largest absolute Gasteiger partial charge is 0.359 e. The number of halogens is 1. The molecule has 2 bridgehead atoms. The SMILES string of the molecule is C=CCN1C(=O)[C@@H]2[C@H](C(=O)NC)[C@]3(C)C=C[C@@]2(O3)[C@H]1C(=O)NCc1ccc(F)cc1. The molecule has 2 N–H and O–H groups in total. The van der Waals surface area contributed by atoms with Crippen molar-refractivity contribution in [3.05, 3.63) is 60.5 Å². The number of ether oxygens (including phenoxy) is 1. The fourth-order valence-electron chi connectivity index (χ4n) is 5.01. The van der Waals surface area contributed by atoms with Crippen LogP contribution in [0.4, 0.5) is 4.39 Å². The Morgan fingerprint density at radius 1 is 1.27 bits per heavy atom. The summed E-state index contributed by atoms with van der Waals surface area (Å²) in [5, 5.41) is 5.44. The van der Waals surface area contributed by atoms with Gasteiger partial charge in [0.1, 0.15) is 17.5 Å². The van der Waals surface area contributed by atoms with Gasteiger partial charge in [0.2, 0.25) is 17.7 Å². The molecule has 30 heavy (non-hydrogen) atoms. The van der Waals surface area contributed by atoms with Crippen molar-refractivity contribution in [3.8, 4) is 0 Å². The van der Waals surface area contributed by atoms with Crippen LogP contribution in [0.2, 0.25) is 0 Å². The lowest BCUT2D eigenvalue weighted by molar-refractivity contribution is -0.144. The molecule has 3 aliphatic heterocycles. The Bertz CT molecular complexity index is 946. The first kappa shape index (κ1) is 20.3. The number of amides is 3. The van der Waals surface area contributed by atoms with Crippen LogP contribution < -0.4 is 10.6 Å². The van der Waals surface area contributed by atoms with E-state index in [-0.39, 0.29) is 30.7 Å². The van der Waals surface area contributed by atoms with Gasteiger partial charge in [-0.15, -0.1) is 6.58 Å². The molecule has 8 heteroatoms. The summed E-state index contributed by atoms with van der Waals surface area (Å²) in [7, 11) is 1.52. The Hall–Kier alpha value is -3.00. The molecule has 3 amide bonds. The average molecular weight is 413 g/mol. The van der Waals surface area contributed by atoms with Gasteiger partial charge in [-0.25, -0.2) is 4.39 Å². The van der Waals surface area contributed by atoms with Crippen LogP contribution in [0, 0.1) is 17.7 Å². The minimum Gasteiger partial charge on any atom is -0.359 e. The summed E-state index contributed by atoms with van der Waals surface area (Å²) in [5.41, 5.74) is -1.46. The normalized spacial score (nSPS) is 33.5. The van der Waals surface area contributed by atoms with E-state index in [1.165, 1.54) is 24.1 Å². The number of nitrogens with one attached hydrogen (secondary N) is 2. The molecule has 1 aromatic carbocycles. The first-order valence-corrected chi connectivity index (χ1v) is 9.83. The van der Waals surface area contributed by atoms with Crippen molar-refractivity contribution in [2.75, 3.05) is 13.6 Å². The molecule has 0 unspecified atom stereocenters. The molecule has 7 nitrogen and oxygen atoms in total. The van der Waals surface area contributed by atoms with Gasteiger partial charge in [-0.05, 0) is 24.6 Å². The zero-order valence-corrected chi connectivity index (χ0v) is 16.9. The van der Waals surface area contributed by atoms with Gasteiger partial charge in [0, 0.05) is 20.1 Å². The second-order valence-electron chi connectivity index (χ2n) is 8.07. The van der Waals surface area contributed by atoms with Crippen LogP contribution in [0.15, 0.2) is 49.1 Å². The lowest BCUT2D eigenvalue weighted by atomic mass is 9.70. The standard InChI is InChI=1S/C22H24FN3O4/c1-4-11-26-17(19(28)25-12-13-5-7-14(23)8-6-13)22-10-9-21(2,30-22)15(18(27)24-3)16(22)20(26)29/h4-10,15-17H,1,11-12H2,2-3H3,(H,24,27)(H,25,28)/t15-,16+,17-,21+,22+/m1/s1. The van der Waals surface area contributed by atoms with Crippen LogP contribution in [0.1, 0.15) is 12.5 Å². The summed E-state index contributed by atoms with van der Waals surface area (Å²) in [5.74, 6) is -2.90. The number of likely N-dealkylation sites (tertiary alicyclic amines) is 1. The van der Waals surface area contributed by atoms with Gasteiger partial charge >= 0.3 is 0 Å². The van der Waals surface area contributed by atoms with Crippen LogP contribution >= 0.6 is 0 Å². The molecule has 3 aliphatic rings. The summed E-state index contributed by atoms with van der Waals surface area (Å²) >= 11 is 0. The second-order valence-corrected chi connectivity index (χ2v) is 8.07. The molecule has 0 aliphatic carbocycles. The van der Waals surface area contributed by atoms with Gasteiger partial charge in [-0.1, -0.05) is 30.4 Å². The highest BCUT2D eigenvalue weighted by Gasteiger charge is 2.75. The van der Waals surface area contributed by atoms with Gasteiger partial charge in [0.05, 0.1) is 17.4 Å². The number of carbonyl (C=O) groups excluding carboxylic acids is 3. The maximum atomic E-state index is 13.3. The van der Waals surface area contributed by atoms with E-state index in [0.29, 0.717) is 0 Å². The summed E-state index contributed by atoms with van der Waals surface area (Å²) in [4.78, 5) is 40.6. The van der Waals surface area contributed by atoms with E-state index in [2.05, 4.69) is 17.2 Å². The van der Waals surface area contributed by atoms with Crippen LogP contribution in [0.25, 0.3) is 0 Å². The predicted octanol–water partition coefficient (Wildman–Crippen LogP) is 0.915. The topological polar surface area (TPSA) is 87.7 Å². The van der Waals surface area contributed by atoms with E-state index in [4.69, 9.17) is 4.74 Å². The third kappa shape index (κ3) is 2.78. The maximum absolute atomic E-state index is 13.3. The van der Waals surface area contributed by atoms with Crippen LogP contribution in [0.5, 0.6) is 0 Å². The first-order chi connectivity index (χ1) is 14.3. The molecule has 3 heterocycles. The van der Waals surface area contributed by atoms with Gasteiger partial charge in [-0.3, -0.25) is 14.4 Å². The first-order valence-electron chi connectivity index (χ1n) is 9.83. The lowest BCUT2D eigenvalue weighted by Crippen LogP contribution is -2.54. The monoisotopic (exact) mass is 413 g/mol. The van der Waals surface area contributed by atoms with E-state index in [1.54, 1.807) is 37.3 Å². The molecule has 2 fully saturated rings. The van der Waals surface area contributed by atoms with Crippen molar-refractivity contribution < 1.29 is 23.5 Å². The van der Waals surface area contributed by atoms with Gasteiger partial charge in [-0.2, -0.15) is 0 Å². The number of fused-ring (bicyclic) bond motifs is 1. The second kappa shape index (κ2) is 7.05. The summed E-state index contributed by atoms with van der Waals surface area (Å²) in [6.07, 6.45) is 5.07. The Morgan fingerprint density at radius 3 is 2.60 bits per heavy atom. The number of nitrogens with zero attached hydrogens (tertiary/aromatic N) is 1. The van der Waals surface area contributed by atoms with Crippen molar-refractivity contribution in [2.45, 2.75) is 30.7 Å². The maximum Gasteiger partial charge on any atom is 0.246 e. The van der Waals surface area contributed by atoms with Crippen molar-refractivity contribution >= 4 is 17.7 Å². The molecule has 1 spiro atoms. The highest BCUT2D eigenvalue weighted by Crippen LogP contribution is 2.59. The van der Waals surface area contributed by atoms with Crippen molar-refractivity contribution in [1.29, 1.82) is 0 Å². The minimum absolute atomic E-state index is 0.153. The number of benzene rings is 1. The Morgan fingerprint density at radius 2 is 1.97 bits per heavy atom. The van der Waals surface area contributed by atoms with Crippen molar-refractivity contribution in [2.24, 2.45) is 11.8 Å². The third-order valence-electron chi connectivity index (χ3n) is 6.28. The van der Waals surface area contributed by atoms with E-state index < -0.39 is 35.0 Å². The minimum atomic E-state index is -1.22. The van der Waals surface area contributed by atoms with E-state index in [9.17, 15) is 18.8 Å². The number of carbonyl (C=O) groups is 3. The fourth-order valence-corrected chi connectivity index (χ4v) is 5.01.